The Morgan fingerprint density at radius 1 is 1.33 bits per heavy atom. The number of nitrogens with zero attached hydrogens (tertiary/aromatic N) is 2. The fraction of sp³-hybridized carbons (Fsp3) is 0.467. The predicted octanol–water partition coefficient (Wildman–Crippen LogP) is 2.53. The number of thioether (sulfide) groups is 1. The van der Waals surface area contributed by atoms with Crippen molar-refractivity contribution in [3.05, 3.63) is 30.3 Å². The average molecular weight is 308 g/mol. The number of carbonyl (C=O) groups excluding carboxylic acids is 1. The number of aliphatic carboxylic acids is 1. The summed E-state index contributed by atoms with van der Waals surface area (Å²) in [6, 6.07) is 9.34. The van der Waals surface area contributed by atoms with Gasteiger partial charge in [0.2, 0.25) is 0 Å². The van der Waals surface area contributed by atoms with Crippen molar-refractivity contribution in [1.29, 1.82) is 0 Å². The number of rotatable bonds is 5. The molecule has 0 spiro atoms. The summed E-state index contributed by atoms with van der Waals surface area (Å²) in [6.45, 7) is 0.183. The molecule has 1 unspecified atom stereocenters. The highest BCUT2D eigenvalue weighted by Gasteiger charge is 2.28. The van der Waals surface area contributed by atoms with Crippen LogP contribution in [0.1, 0.15) is 12.8 Å². The number of hydrogen-bond acceptors (Lipinski definition) is 3. The van der Waals surface area contributed by atoms with Crippen molar-refractivity contribution in [2.45, 2.75) is 18.9 Å². The Morgan fingerprint density at radius 3 is 2.62 bits per heavy atom. The molecule has 1 aliphatic heterocycles. The molecular formula is C15H20N2O3S. The zero-order chi connectivity index (χ0) is 15.2. The van der Waals surface area contributed by atoms with Crippen molar-refractivity contribution in [2.75, 3.05) is 30.0 Å². The first kappa shape index (κ1) is 15.7. The number of amides is 2. The second kappa shape index (κ2) is 7.36. The molecule has 0 radical (unpaired) electrons. The van der Waals surface area contributed by atoms with E-state index in [1.807, 2.05) is 42.1 Å². The maximum Gasteiger partial charge on any atom is 0.324 e. The van der Waals surface area contributed by atoms with Crippen molar-refractivity contribution in [1.82, 2.24) is 4.90 Å². The van der Waals surface area contributed by atoms with Crippen LogP contribution >= 0.6 is 11.8 Å². The van der Waals surface area contributed by atoms with Gasteiger partial charge in [0.15, 0.2) is 0 Å². The van der Waals surface area contributed by atoms with Crippen molar-refractivity contribution in [2.24, 2.45) is 0 Å². The predicted molar refractivity (Wildman–Crippen MR) is 84.9 cm³/mol. The number of hydrogen-bond donors (Lipinski definition) is 1. The van der Waals surface area contributed by atoms with Crippen molar-refractivity contribution >= 4 is 29.4 Å². The van der Waals surface area contributed by atoms with E-state index < -0.39 is 5.97 Å². The molecule has 1 fully saturated rings. The van der Waals surface area contributed by atoms with Crippen LogP contribution in [0.5, 0.6) is 0 Å². The molecule has 1 aromatic carbocycles. The van der Waals surface area contributed by atoms with Gasteiger partial charge in [-0.1, -0.05) is 18.2 Å². The number of benzene rings is 1. The van der Waals surface area contributed by atoms with E-state index in [4.69, 9.17) is 5.11 Å². The SMILES string of the molecule is CN(C(=O)N(CCC(=O)O)c1ccccc1)C1CCSC1. The summed E-state index contributed by atoms with van der Waals surface area (Å²) in [5.74, 6) is 1.12. The summed E-state index contributed by atoms with van der Waals surface area (Å²) in [5, 5.41) is 8.89. The fourth-order valence-electron chi connectivity index (χ4n) is 2.32. The third kappa shape index (κ3) is 4.14. The lowest BCUT2D eigenvalue weighted by molar-refractivity contribution is -0.136. The van der Waals surface area contributed by atoms with Crippen LogP contribution in [0.2, 0.25) is 0 Å². The van der Waals surface area contributed by atoms with Gasteiger partial charge in [-0.05, 0) is 24.3 Å². The lowest BCUT2D eigenvalue weighted by atomic mass is 10.2. The van der Waals surface area contributed by atoms with Crippen LogP contribution in [0.15, 0.2) is 30.3 Å². The molecule has 1 aromatic rings. The minimum absolute atomic E-state index is 0.0616. The molecule has 114 valence electrons. The lowest BCUT2D eigenvalue weighted by Gasteiger charge is -2.31. The lowest BCUT2D eigenvalue weighted by Crippen LogP contribution is -2.47. The molecule has 2 rings (SSSR count). The Balaban J connectivity index is 2.13. The van der Waals surface area contributed by atoms with Crippen LogP contribution in [0.3, 0.4) is 0 Å². The normalized spacial score (nSPS) is 17.5. The van der Waals surface area contributed by atoms with E-state index in [-0.39, 0.29) is 25.0 Å². The monoisotopic (exact) mass is 308 g/mol. The molecule has 0 aliphatic carbocycles. The zero-order valence-electron chi connectivity index (χ0n) is 12.1. The first-order valence-electron chi connectivity index (χ1n) is 6.98. The average Bonchev–Trinajstić information content (AvgIpc) is 3.01. The molecule has 0 bridgehead atoms. The Morgan fingerprint density at radius 2 is 2.05 bits per heavy atom. The number of anilines is 1. The van der Waals surface area contributed by atoms with Crippen LogP contribution in [0, 0.1) is 0 Å². The summed E-state index contributed by atoms with van der Waals surface area (Å²) < 4.78 is 0. The minimum atomic E-state index is -0.900. The van der Waals surface area contributed by atoms with Gasteiger partial charge >= 0.3 is 12.0 Å². The molecule has 21 heavy (non-hydrogen) atoms. The van der Waals surface area contributed by atoms with E-state index in [0.29, 0.717) is 0 Å². The summed E-state index contributed by atoms with van der Waals surface area (Å²) in [5.41, 5.74) is 0.737. The highest BCUT2D eigenvalue weighted by Crippen LogP contribution is 2.24. The van der Waals surface area contributed by atoms with Gasteiger partial charge in [-0.3, -0.25) is 9.69 Å². The molecular weight excluding hydrogens is 288 g/mol. The zero-order valence-corrected chi connectivity index (χ0v) is 12.9. The highest BCUT2D eigenvalue weighted by molar-refractivity contribution is 7.99. The molecule has 0 aromatic heterocycles. The van der Waals surface area contributed by atoms with Gasteiger partial charge in [-0.25, -0.2) is 4.79 Å². The van der Waals surface area contributed by atoms with Crippen molar-refractivity contribution in [3.63, 3.8) is 0 Å². The first-order valence-corrected chi connectivity index (χ1v) is 8.14. The topological polar surface area (TPSA) is 60.9 Å². The van der Waals surface area contributed by atoms with Gasteiger partial charge in [-0.2, -0.15) is 11.8 Å². The van der Waals surface area contributed by atoms with E-state index in [1.165, 1.54) is 0 Å². The van der Waals surface area contributed by atoms with Gasteiger partial charge in [0, 0.05) is 31.1 Å². The molecule has 0 saturated carbocycles. The fourth-order valence-corrected chi connectivity index (χ4v) is 3.59. The quantitative estimate of drug-likeness (QED) is 0.908. The molecule has 2 amide bonds. The Hall–Kier alpha value is -1.69. The van der Waals surface area contributed by atoms with Gasteiger partial charge in [0.25, 0.3) is 0 Å². The summed E-state index contributed by atoms with van der Waals surface area (Å²) in [6.07, 6.45) is 0.933. The largest absolute Gasteiger partial charge is 0.481 e. The molecule has 6 heteroatoms. The third-order valence-corrected chi connectivity index (χ3v) is 4.75. The summed E-state index contributed by atoms with van der Waals surface area (Å²) in [4.78, 5) is 26.8. The number of carbonyl (C=O) groups is 2. The second-order valence-electron chi connectivity index (χ2n) is 5.04. The summed E-state index contributed by atoms with van der Waals surface area (Å²) in [7, 11) is 1.80. The molecule has 5 nitrogen and oxygen atoms in total. The minimum Gasteiger partial charge on any atom is -0.481 e. The Labute approximate surface area is 128 Å². The van der Waals surface area contributed by atoms with E-state index in [9.17, 15) is 9.59 Å². The molecule has 1 atom stereocenters. The van der Waals surface area contributed by atoms with Crippen molar-refractivity contribution in [3.8, 4) is 0 Å². The number of carboxylic acid groups (broad SMARTS) is 1. The highest BCUT2D eigenvalue weighted by atomic mass is 32.2. The van der Waals surface area contributed by atoms with E-state index in [0.717, 1.165) is 23.6 Å². The Bertz CT molecular complexity index is 489. The van der Waals surface area contributed by atoms with Crippen LogP contribution in [-0.2, 0) is 4.79 Å². The smallest absolute Gasteiger partial charge is 0.324 e. The Kier molecular flexibility index (Phi) is 5.50. The van der Waals surface area contributed by atoms with Crippen LogP contribution in [0.4, 0.5) is 10.5 Å². The maximum absolute atomic E-state index is 12.7. The van der Waals surface area contributed by atoms with Crippen LogP contribution in [-0.4, -0.2) is 53.1 Å². The van der Waals surface area contributed by atoms with Crippen molar-refractivity contribution < 1.29 is 14.7 Å². The number of carboxylic acids is 1. The van der Waals surface area contributed by atoms with E-state index >= 15 is 0 Å². The summed E-state index contributed by atoms with van der Waals surface area (Å²) >= 11 is 1.85. The number of para-hydroxylation sites is 1. The van der Waals surface area contributed by atoms with E-state index in [1.54, 1.807) is 16.8 Å². The van der Waals surface area contributed by atoms with Gasteiger partial charge in [-0.15, -0.1) is 0 Å². The maximum atomic E-state index is 12.7. The van der Waals surface area contributed by atoms with Gasteiger partial charge in [0.05, 0.1) is 6.42 Å². The third-order valence-electron chi connectivity index (χ3n) is 3.60. The van der Waals surface area contributed by atoms with Gasteiger partial charge < -0.3 is 10.0 Å². The molecule has 1 saturated heterocycles. The molecule has 1 N–H and O–H groups in total. The molecule has 1 aliphatic rings. The van der Waals surface area contributed by atoms with Gasteiger partial charge in [0.1, 0.15) is 0 Å². The van der Waals surface area contributed by atoms with E-state index in [2.05, 4.69) is 0 Å². The molecule has 1 heterocycles. The van der Waals surface area contributed by atoms with Crippen LogP contribution in [0.25, 0.3) is 0 Å². The second-order valence-corrected chi connectivity index (χ2v) is 6.19. The standard InChI is InChI=1S/C15H20N2O3S/c1-16(13-8-10-21-11-13)15(20)17(9-7-14(18)19)12-5-3-2-4-6-12/h2-6,13H,7-11H2,1H3,(H,18,19). The van der Waals surface area contributed by atoms with Crippen LogP contribution < -0.4 is 4.90 Å². The number of urea groups is 1. The first-order chi connectivity index (χ1) is 10.1.